The Morgan fingerprint density at radius 1 is 0.923 bits per heavy atom. The molecule has 3 aromatic heterocycles. The highest BCUT2D eigenvalue weighted by Gasteiger charge is 2.32. The van der Waals surface area contributed by atoms with Crippen molar-refractivity contribution in [3.8, 4) is 0 Å². The number of hydrogen-bond donors (Lipinski definition) is 0. The number of piperidine rings is 1. The Balaban J connectivity index is 1.46. The maximum atomic E-state index is 14.2. The van der Waals surface area contributed by atoms with Crippen LogP contribution in [0.25, 0.3) is 5.65 Å². The minimum absolute atomic E-state index is 0.0488. The van der Waals surface area contributed by atoms with E-state index in [-0.39, 0.29) is 11.9 Å². The first-order chi connectivity index (χ1) is 19.0. The maximum absolute atomic E-state index is 14.2. The van der Waals surface area contributed by atoms with Crippen molar-refractivity contribution in [1.82, 2.24) is 24.5 Å². The van der Waals surface area contributed by atoms with Crippen LogP contribution in [-0.4, -0.2) is 63.6 Å². The summed E-state index contributed by atoms with van der Waals surface area (Å²) in [4.78, 5) is 30.3. The number of hydrogen-bond acceptors (Lipinski definition) is 6. The molecule has 8 heteroatoms. The molecule has 8 nitrogen and oxygen atoms in total. The molecule has 0 aliphatic carbocycles. The van der Waals surface area contributed by atoms with Crippen molar-refractivity contribution in [2.75, 3.05) is 43.0 Å². The zero-order valence-electron chi connectivity index (χ0n) is 23.2. The van der Waals surface area contributed by atoms with Gasteiger partial charge in [0, 0.05) is 62.8 Å². The van der Waals surface area contributed by atoms with E-state index >= 15 is 0 Å². The molecular formula is C31H37N7O. The Hall–Kier alpha value is -3.94. The highest BCUT2D eigenvalue weighted by Crippen LogP contribution is 2.33. The molecule has 39 heavy (non-hydrogen) atoms. The molecule has 202 valence electrons. The van der Waals surface area contributed by atoms with Gasteiger partial charge < -0.3 is 14.7 Å². The van der Waals surface area contributed by atoms with Crippen LogP contribution >= 0.6 is 0 Å². The minimum Gasteiger partial charge on any atom is -0.358 e. The highest BCUT2D eigenvalue weighted by molar-refractivity contribution is 5.96. The SMILES string of the molecule is Cc1ccc2c(c1)C(=O)N1CCCCC1c1cc3nc(C)cc(n3n1)N(C)CCN(c1ccccn1)CCC2. The minimum atomic E-state index is -0.0488. The molecule has 1 fully saturated rings. The van der Waals surface area contributed by atoms with E-state index in [4.69, 9.17) is 10.1 Å². The standard InChI is InChI=1S/C31H37N7O/c1-22-12-13-24-9-8-15-36(28-11-4-6-14-32-28)18-17-35(3)30-20-23(2)33-29-21-26(34-38(29)30)27-10-5-7-16-37(27)31(39)25(24)19-22/h4,6,11-14,19-21,27H,5,7-10,15-18H2,1-3H3. The lowest BCUT2D eigenvalue weighted by atomic mass is 9.95. The number of carbonyl (C=O) groups excluding carboxylic acids is 1. The first kappa shape index (κ1) is 25.3. The quantitative estimate of drug-likeness (QED) is 0.350. The summed E-state index contributed by atoms with van der Waals surface area (Å²) in [5, 5.41) is 5.08. The molecule has 1 aromatic carbocycles. The summed E-state index contributed by atoms with van der Waals surface area (Å²) in [7, 11) is 2.12. The Morgan fingerprint density at radius 3 is 2.67 bits per heavy atom. The topological polar surface area (TPSA) is 69.9 Å². The van der Waals surface area contributed by atoms with Gasteiger partial charge in [-0.1, -0.05) is 23.8 Å². The van der Waals surface area contributed by atoms with Crippen LogP contribution in [0.1, 0.15) is 64.6 Å². The van der Waals surface area contributed by atoms with E-state index in [0.29, 0.717) is 0 Å². The van der Waals surface area contributed by atoms with Gasteiger partial charge in [-0.15, -0.1) is 0 Å². The predicted molar refractivity (Wildman–Crippen MR) is 155 cm³/mol. The van der Waals surface area contributed by atoms with Crippen LogP contribution in [0.5, 0.6) is 0 Å². The smallest absolute Gasteiger partial charge is 0.254 e. The van der Waals surface area contributed by atoms with Crippen molar-refractivity contribution < 1.29 is 4.79 Å². The molecule has 1 amide bonds. The molecule has 2 aliphatic rings. The van der Waals surface area contributed by atoms with E-state index in [9.17, 15) is 4.79 Å². The monoisotopic (exact) mass is 523 g/mol. The first-order valence-corrected chi connectivity index (χ1v) is 14.1. The Bertz CT molecular complexity index is 1480. The van der Waals surface area contributed by atoms with E-state index in [2.05, 4.69) is 70.1 Å². The summed E-state index contributed by atoms with van der Waals surface area (Å²) in [5.74, 6) is 2.10. The molecule has 1 unspecified atom stereocenters. The van der Waals surface area contributed by atoms with Crippen LogP contribution in [0.2, 0.25) is 0 Å². The van der Waals surface area contributed by atoms with E-state index in [1.807, 2.05) is 29.8 Å². The van der Waals surface area contributed by atoms with Gasteiger partial charge in [-0.2, -0.15) is 9.61 Å². The average Bonchev–Trinajstić information content (AvgIpc) is 3.38. The molecule has 2 aliphatic heterocycles. The normalized spacial score (nSPS) is 18.9. The Kier molecular flexibility index (Phi) is 6.94. The van der Waals surface area contributed by atoms with Crippen molar-refractivity contribution >= 4 is 23.2 Å². The number of anilines is 2. The van der Waals surface area contributed by atoms with E-state index in [1.54, 1.807) is 0 Å². The van der Waals surface area contributed by atoms with Gasteiger partial charge in [0.25, 0.3) is 5.91 Å². The van der Waals surface area contributed by atoms with Crippen molar-refractivity contribution in [1.29, 1.82) is 0 Å². The fourth-order valence-electron chi connectivity index (χ4n) is 6.00. The number of nitrogens with zero attached hydrogens (tertiary/aromatic N) is 7. The number of aryl methyl sites for hydroxylation is 3. The lowest BCUT2D eigenvalue weighted by molar-refractivity contribution is 0.0604. The summed E-state index contributed by atoms with van der Waals surface area (Å²) < 4.78 is 1.95. The van der Waals surface area contributed by atoms with Crippen LogP contribution in [0.3, 0.4) is 0 Å². The van der Waals surface area contributed by atoms with Gasteiger partial charge in [-0.3, -0.25) is 4.79 Å². The number of pyridine rings is 1. The molecule has 0 radical (unpaired) electrons. The van der Waals surface area contributed by atoms with Crippen LogP contribution in [0.4, 0.5) is 11.6 Å². The molecule has 5 heterocycles. The summed E-state index contributed by atoms with van der Waals surface area (Å²) in [5.41, 5.74) is 5.77. The molecular weight excluding hydrogens is 486 g/mol. The third-order valence-electron chi connectivity index (χ3n) is 8.10. The number of aromatic nitrogens is 4. The van der Waals surface area contributed by atoms with Gasteiger partial charge in [0.15, 0.2) is 5.65 Å². The average molecular weight is 524 g/mol. The first-order valence-electron chi connectivity index (χ1n) is 14.1. The lowest BCUT2D eigenvalue weighted by Gasteiger charge is -2.35. The van der Waals surface area contributed by atoms with Crippen molar-refractivity contribution in [2.45, 2.75) is 52.0 Å². The zero-order chi connectivity index (χ0) is 26.9. The van der Waals surface area contributed by atoms with Gasteiger partial charge in [-0.25, -0.2) is 9.97 Å². The summed E-state index contributed by atoms with van der Waals surface area (Å²) in [6, 6.07) is 16.5. The van der Waals surface area contributed by atoms with Crippen molar-refractivity contribution in [3.05, 3.63) is 82.8 Å². The van der Waals surface area contributed by atoms with Crippen LogP contribution in [0, 0.1) is 13.8 Å². The van der Waals surface area contributed by atoms with Gasteiger partial charge in [0.2, 0.25) is 0 Å². The third-order valence-corrected chi connectivity index (χ3v) is 8.10. The van der Waals surface area contributed by atoms with Crippen LogP contribution in [-0.2, 0) is 6.42 Å². The fourth-order valence-corrected chi connectivity index (χ4v) is 6.00. The lowest BCUT2D eigenvalue weighted by Crippen LogP contribution is -2.39. The van der Waals surface area contributed by atoms with Gasteiger partial charge in [-0.05, 0) is 69.7 Å². The fraction of sp³-hybridized carbons (Fsp3) is 0.419. The molecule has 0 spiro atoms. The molecule has 2 bridgehead atoms. The molecule has 4 aromatic rings. The number of rotatable bonds is 1. The molecule has 0 saturated carbocycles. The summed E-state index contributed by atoms with van der Waals surface area (Å²) >= 11 is 0. The number of amides is 1. The number of fused-ring (bicyclic) bond motifs is 4. The van der Waals surface area contributed by atoms with Crippen LogP contribution < -0.4 is 9.80 Å². The van der Waals surface area contributed by atoms with Gasteiger partial charge in [0.05, 0.1) is 11.7 Å². The molecule has 0 N–H and O–H groups in total. The molecule has 1 saturated heterocycles. The Labute approximate surface area is 230 Å². The Morgan fingerprint density at radius 2 is 1.82 bits per heavy atom. The second-order valence-corrected chi connectivity index (χ2v) is 11.0. The third kappa shape index (κ3) is 5.07. The van der Waals surface area contributed by atoms with E-state index in [1.165, 1.54) is 0 Å². The van der Waals surface area contributed by atoms with E-state index in [0.717, 1.165) is 104 Å². The largest absolute Gasteiger partial charge is 0.358 e. The van der Waals surface area contributed by atoms with Gasteiger partial charge >= 0.3 is 0 Å². The second kappa shape index (κ2) is 10.7. The number of benzene rings is 1. The summed E-state index contributed by atoms with van der Waals surface area (Å²) in [6.45, 7) is 7.33. The number of carbonyl (C=O) groups is 1. The van der Waals surface area contributed by atoms with Crippen molar-refractivity contribution in [3.63, 3.8) is 0 Å². The predicted octanol–water partition coefficient (Wildman–Crippen LogP) is 5.00. The molecule has 6 rings (SSSR count). The molecule has 1 atom stereocenters. The van der Waals surface area contributed by atoms with E-state index < -0.39 is 0 Å². The zero-order valence-corrected chi connectivity index (χ0v) is 23.2. The highest BCUT2D eigenvalue weighted by atomic mass is 16.2. The van der Waals surface area contributed by atoms with Gasteiger partial charge in [0.1, 0.15) is 11.6 Å². The maximum Gasteiger partial charge on any atom is 0.254 e. The number of likely N-dealkylation sites (N-methyl/N-ethyl adjacent to an activating group) is 1. The van der Waals surface area contributed by atoms with Crippen molar-refractivity contribution in [2.24, 2.45) is 0 Å². The van der Waals surface area contributed by atoms with Crippen LogP contribution in [0.15, 0.2) is 54.7 Å². The summed E-state index contributed by atoms with van der Waals surface area (Å²) in [6.07, 6.45) is 6.65. The second-order valence-electron chi connectivity index (χ2n) is 11.0.